The number of rotatable bonds is 11. The molecule has 1 unspecified atom stereocenters. The van der Waals surface area contributed by atoms with Gasteiger partial charge in [0.1, 0.15) is 5.76 Å². The lowest BCUT2D eigenvalue weighted by atomic mass is 9.94. The SMILES string of the molecule is CCCCCOc1ccc(C2/C(=C(\O)c3ccc(C)cc3)C(=O)C(=O)N2CCN2CCOCC2)cc1OC. The van der Waals surface area contributed by atoms with Crippen molar-refractivity contribution >= 4 is 17.4 Å². The largest absolute Gasteiger partial charge is 0.507 e. The maximum Gasteiger partial charge on any atom is 0.295 e. The van der Waals surface area contributed by atoms with E-state index in [4.69, 9.17) is 14.2 Å². The molecule has 38 heavy (non-hydrogen) atoms. The van der Waals surface area contributed by atoms with Gasteiger partial charge in [-0.25, -0.2) is 0 Å². The van der Waals surface area contributed by atoms with Crippen LogP contribution in [0.2, 0.25) is 0 Å². The topological polar surface area (TPSA) is 88.5 Å². The number of amides is 1. The van der Waals surface area contributed by atoms with Gasteiger partial charge < -0.3 is 24.2 Å². The standard InChI is InChI=1S/C30H38N2O6/c1-4-5-6-17-38-24-12-11-23(20-25(24)36-3)27-26(28(33)22-9-7-21(2)8-10-22)29(34)30(35)32(27)14-13-31-15-18-37-19-16-31/h7-12,20,27,33H,4-6,13-19H2,1-3H3/b28-26+. The van der Waals surface area contributed by atoms with Gasteiger partial charge in [-0.15, -0.1) is 0 Å². The molecule has 2 saturated heterocycles. The van der Waals surface area contributed by atoms with Gasteiger partial charge >= 0.3 is 0 Å². The van der Waals surface area contributed by atoms with Crippen LogP contribution in [0.5, 0.6) is 11.5 Å². The number of aryl methyl sites for hydroxylation is 1. The van der Waals surface area contributed by atoms with Crippen molar-refractivity contribution in [2.24, 2.45) is 0 Å². The van der Waals surface area contributed by atoms with Crippen LogP contribution in [0, 0.1) is 6.92 Å². The summed E-state index contributed by atoms with van der Waals surface area (Å²) in [5.74, 6) is -0.352. The number of ketones is 1. The van der Waals surface area contributed by atoms with E-state index in [1.54, 1.807) is 30.2 Å². The Morgan fingerprint density at radius 1 is 1.03 bits per heavy atom. The molecular weight excluding hydrogens is 484 g/mol. The van der Waals surface area contributed by atoms with E-state index < -0.39 is 17.7 Å². The summed E-state index contributed by atoms with van der Waals surface area (Å²) in [6.07, 6.45) is 3.12. The Morgan fingerprint density at radius 3 is 2.45 bits per heavy atom. The van der Waals surface area contributed by atoms with Crippen LogP contribution < -0.4 is 9.47 Å². The highest BCUT2D eigenvalue weighted by Crippen LogP contribution is 2.42. The zero-order valence-corrected chi connectivity index (χ0v) is 22.6. The number of aliphatic hydroxyl groups excluding tert-OH is 1. The molecule has 2 heterocycles. The van der Waals surface area contributed by atoms with Gasteiger partial charge in [0.2, 0.25) is 0 Å². The molecule has 204 valence electrons. The van der Waals surface area contributed by atoms with Gasteiger partial charge in [-0.3, -0.25) is 14.5 Å². The molecule has 2 aliphatic rings. The minimum absolute atomic E-state index is 0.0829. The number of methoxy groups -OCH3 is 1. The van der Waals surface area contributed by atoms with Crippen LogP contribution in [0.1, 0.15) is 48.9 Å². The molecule has 0 aromatic heterocycles. The molecule has 2 aromatic rings. The summed E-state index contributed by atoms with van der Waals surface area (Å²) in [4.78, 5) is 30.5. The number of morpholine rings is 1. The number of carbonyl (C=O) groups excluding carboxylic acids is 2. The molecule has 0 spiro atoms. The lowest BCUT2D eigenvalue weighted by molar-refractivity contribution is -0.140. The number of hydrogen-bond donors (Lipinski definition) is 1. The summed E-state index contributed by atoms with van der Waals surface area (Å²) in [5.41, 5.74) is 2.29. The Bertz CT molecular complexity index is 1150. The first-order valence-corrected chi connectivity index (χ1v) is 13.4. The van der Waals surface area contributed by atoms with E-state index in [9.17, 15) is 14.7 Å². The normalized spacial score (nSPS) is 19.7. The van der Waals surface area contributed by atoms with Crippen LogP contribution >= 0.6 is 0 Å². The van der Waals surface area contributed by atoms with Crippen LogP contribution in [-0.2, 0) is 14.3 Å². The average Bonchev–Trinajstić information content (AvgIpc) is 3.19. The second-order valence-electron chi connectivity index (χ2n) is 9.78. The van der Waals surface area contributed by atoms with E-state index in [0.717, 1.165) is 37.9 Å². The highest BCUT2D eigenvalue weighted by molar-refractivity contribution is 6.46. The van der Waals surface area contributed by atoms with Gasteiger partial charge in [-0.1, -0.05) is 55.7 Å². The van der Waals surface area contributed by atoms with E-state index in [1.807, 2.05) is 31.2 Å². The molecule has 2 fully saturated rings. The fourth-order valence-electron chi connectivity index (χ4n) is 4.91. The number of Topliss-reactive ketones (excluding diaryl/α,β-unsaturated/α-hetero) is 1. The van der Waals surface area contributed by atoms with Crippen molar-refractivity contribution in [2.45, 2.75) is 39.2 Å². The van der Waals surface area contributed by atoms with Crippen LogP contribution in [-0.4, -0.2) is 79.7 Å². The summed E-state index contributed by atoms with van der Waals surface area (Å²) >= 11 is 0. The predicted molar refractivity (Wildman–Crippen MR) is 145 cm³/mol. The number of unbranched alkanes of at least 4 members (excludes halogenated alkanes) is 2. The van der Waals surface area contributed by atoms with Crippen molar-refractivity contribution < 1.29 is 28.9 Å². The highest BCUT2D eigenvalue weighted by atomic mass is 16.5. The van der Waals surface area contributed by atoms with Crippen LogP contribution in [0.3, 0.4) is 0 Å². The average molecular weight is 523 g/mol. The minimum Gasteiger partial charge on any atom is -0.507 e. The molecule has 2 aromatic carbocycles. The van der Waals surface area contributed by atoms with Crippen LogP contribution in [0.4, 0.5) is 0 Å². The summed E-state index contributed by atoms with van der Waals surface area (Å²) in [6.45, 7) is 8.46. The smallest absolute Gasteiger partial charge is 0.295 e. The molecule has 2 aliphatic heterocycles. The Balaban J connectivity index is 1.71. The summed E-state index contributed by atoms with van der Waals surface area (Å²) < 4.78 is 17.0. The Kier molecular flexibility index (Phi) is 9.42. The molecule has 4 rings (SSSR count). The number of carbonyl (C=O) groups is 2. The number of likely N-dealkylation sites (tertiary alicyclic amines) is 1. The van der Waals surface area contributed by atoms with Crippen molar-refractivity contribution in [3.05, 3.63) is 64.7 Å². The van der Waals surface area contributed by atoms with Crippen molar-refractivity contribution in [3.63, 3.8) is 0 Å². The molecule has 8 heteroatoms. The third-order valence-electron chi connectivity index (χ3n) is 7.13. The summed E-state index contributed by atoms with van der Waals surface area (Å²) in [7, 11) is 1.57. The number of nitrogens with zero attached hydrogens (tertiary/aromatic N) is 2. The molecule has 0 bridgehead atoms. The van der Waals surface area contributed by atoms with Gasteiger partial charge in [0.25, 0.3) is 11.7 Å². The Hall–Kier alpha value is -3.36. The van der Waals surface area contributed by atoms with Crippen molar-refractivity contribution in [1.29, 1.82) is 0 Å². The van der Waals surface area contributed by atoms with Gasteiger partial charge in [-0.05, 0) is 31.0 Å². The first kappa shape index (κ1) is 27.7. The quantitative estimate of drug-likeness (QED) is 0.203. The van der Waals surface area contributed by atoms with Gasteiger partial charge in [0.05, 0.1) is 38.5 Å². The van der Waals surface area contributed by atoms with E-state index >= 15 is 0 Å². The fourth-order valence-corrected chi connectivity index (χ4v) is 4.91. The molecular formula is C30H38N2O6. The van der Waals surface area contributed by atoms with Crippen molar-refractivity contribution in [3.8, 4) is 11.5 Å². The maximum atomic E-state index is 13.4. The zero-order valence-electron chi connectivity index (χ0n) is 22.6. The third kappa shape index (κ3) is 6.19. The van der Waals surface area contributed by atoms with Gasteiger partial charge in [-0.2, -0.15) is 0 Å². The molecule has 0 saturated carbocycles. The Morgan fingerprint density at radius 2 is 1.76 bits per heavy atom. The lowest BCUT2D eigenvalue weighted by Gasteiger charge is -2.31. The Labute approximate surface area is 224 Å². The number of hydrogen-bond acceptors (Lipinski definition) is 7. The van der Waals surface area contributed by atoms with Crippen LogP contribution in [0.25, 0.3) is 5.76 Å². The number of ether oxygens (including phenoxy) is 3. The molecule has 1 amide bonds. The summed E-state index contributed by atoms with van der Waals surface area (Å²) in [6, 6.07) is 12.0. The first-order valence-electron chi connectivity index (χ1n) is 13.4. The number of benzene rings is 2. The maximum absolute atomic E-state index is 13.4. The monoisotopic (exact) mass is 522 g/mol. The van der Waals surface area contributed by atoms with Gasteiger partial charge in [0, 0.05) is 31.7 Å². The molecule has 1 N–H and O–H groups in total. The predicted octanol–water partition coefficient (Wildman–Crippen LogP) is 4.33. The first-order chi connectivity index (χ1) is 18.4. The molecule has 8 nitrogen and oxygen atoms in total. The van der Waals surface area contributed by atoms with E-state index in [0.29, 0.717) is 55.5 Å². The number of aliphatic hydroxyl groups is 1. The third-order valence-corrected chi connectivity index (χ3v) is 7.13. The lowest BCUT2D eigenvalue weighted by Crippen LogP contribution is -2.42. The van der Waals surface area contributed by atoms with Crippen molar-refractivity contribution in [1.82, 2.24) is 9.80 Å². The van der Waals surface area contributed by atoms with Crippen molar-refractivity contribution in [2.75, 3.05) is 53.1 Å². The van der Waals surface area contributed by atoms with E-state index in [1.165, 1.54) is 0 Å². The fraction of sp³-hybridized carbons (Fsp3) is 0.467. The second-order valence-corrected chi connectivity index (χ2v) is 9.78. The van der Waals surface area contributed by atoms with Crippen LogP contribution in [0.15, 0.2) is 48.0 Å². The molecule has 1 atom stereocenters. The minimum atomic E-state index is -0.750. The zero-order chi connectivity index (χ0) is 27.1. The summed E-state index contributed by atoms with van der Waals surface area (Å²) in [5, 5.41) is 11.3. The van der Waals surface area contributed by atoms with E-state index in [-0.39, 0.29) is 11.3 Å². The molecule has 0 radical (unpaired) electrons. The highest BCUT2D eigenvalue weighted by Gasteiger charge is 2.46. The van der Waals surface area contributed by atoms with Gasteiger partial charge in [0.15, 0.2) is 11.5 Å². The molecule has 0 aliphatic carbocycles. The van der Waals surface area contributed by atoms with E-state index in [2.05, 4.69) is 11.8 Å². The second kappa shape index (κ2) is 12.9.